The molecule has 30 heavy (non-hydrogen) atoms. The van der Waals surface area contributed by atoms with Gasteiger partial charge in [-0.15, -0.1) is 0 Å². The maximum atomic E-state index is 12.5. The van der Waals surface area contributed by atoms with Crippen molar-refractivity contribution in [3.8, 4) is 5.69 Å². The molecule has 2 heterocycles. The van der Waals surface area contributed by atoms with Crippen LogP contribution in [0.4, 0.5) is 0 Å². The maximum absolute atomic E-state index is 12.5. The lowest BCUT2D eigenvalue weighted by Crippen LogP contribution is -2.24. The molecular formula is C24H26N4O2. The van der Waals surface area contributed by atoms with Crippen LogP contribution in [0.1, 0.15) is 45.7 Å². The third kappa shape index (κ3) is 4.43. The Hall–Kier alpha value is -3.41. The molecule has 0 atom stereocenters. The van der Waals surface area contributed by atoms with E-state index in [9.17, 15) is 9.59 Å². The van der Waals surface area contributed by atoms with E-state index in [0.29, 0.717) is 25.1 Å². The molecule has 1 fully saturated rings. The van der Waals surface area contributed by atoms with Gasteiger partial charge in [0.2, 0.25) is 5.91 Å². The van der Waals surface area contributed by atoms with E-state index in [4.69, 9.17) is 0 Å². The number of aryl methyl sites for hydroxylation is 2. The first kappa shape index (κ1) is 19.9. The summed E-state index contributed by atoms with van der Waals surface area (Å²) >= 11 is 0. The Morgan fingerprint density at radius 2 is 1.73 bits per heavy atom. The summed E-state index contributed by atoms with van der Waals surface area (Å²) in [5, 5.41) is 7.43. The van der Waals surface area contributed by atoms with E-state index in [0.717, 1.165) is 41.2 Å². The number of rotatable bonds is 6. The van der Waals surface area contributed by atoms with Crippen LogP contribution in [-0.4, -0.2) is 33.0 Å². The van der Waals surface area contributed by atoms with Gasteiger partial charge in [-0.25, -0.2) is 4.68 Å². The first-order chi connectivity index (χ1) is 14.5. The Kier molecular flexibility index (Phi) is 5.65. The molecule has 2 aromatic carbocycles. The van der Waals surface area contributed by atoms with Gasteiger partial charge in [-0.05, 0) is 61.7 Å². The second-order valence-corrected chi connectivity index (χ2v) is 7.80. The van der Waals surface area contributed by atoms with Gasteiger partial charge in [0, 0.05) is 37.3 Å². The van der Waals surface area contributed by atoms with Crippen LogP contribution < -0.4 is 5.32 Å². The molecule has 1 aliphatic rings. The summed E-state index contributed by atoms with van der Waals surface area (Å²) in [7, 11) is 0. The summed E-state index contributed by atoms with van der Waals surface area (Å²) in [6.45, 7) is 5.93. The summed E-state index contributed by atoms with van der Waals surface area (Å²) in [5.74, 6) is 0.122. The number of benzene rings is 2. The molecule has 0 spiro atoms. The van der Waals surface area contributed by atoms with E-state index in [2.05, 4.69) is 10.4 Å². The lowest BCUT2D eigenvalue weighted by molar-refractivity contribution is -0.128. The second-order valence-electron chi connectivity index (χ2n) is 7.80. The highest BCUT2D eigenvalue weighted by molar-refractivity contribution is 5.94. The van der Waals surface area contributed by atoms with Gasteiger partial charge >= 0.3 is 0 Å². The van der Waals surface area contributed by atoms with Crippen LogP contribution in [0.2, 0.25) is 0 Å². The van der Waals surface area contributed by atoms with Crippen LogP contribution in [0.5, 0.6) is 0 Å². The average Bonchev–Trinajstić information content (AvgIpc) is 3.31. The number of nitrogens with one attached hydrogen (secondary N) is 1. The molecule has 2 amide bonds. The van der Waals surface area contributed by atoms with E-state index < -0.39 is 0 Å². The normalized spacial score (nSPS) is 13.7. The minimum atomic E-state index is -0.110. The molecular weight excluding hydrogens is 376 g/mol. The maximum Gasteiger partial charge on any atom is 0.251 e. The Labute approximate surface area is 176 Å². The number of hydrogen-bond acceptors (Lipinski definition) is 3. The molecule has 0 saturated carbocycles. The lowest BCUT2D eigenvalue weighted by Gasteiger charge is -2.15. The smallest absolute Gasteiger partial charge is 0.251 e. The molecule has 0 radical (unpaired) electrons. The molecule has 4 rings (SSSR count). The van der Waals surface area contributed by atoms with Crippen molar-refractivity contribution in [2.24, 2.45) is 0 Å². The fourth-order valence-corrected chi connectivity index (χ4v) is 3.78. The minimum absolute atomic E-state index is 0.110. The largest absolute Gasteiger partial charge is 0.348 e. The van der Waals surface area contributed by atoms with Gasteiger partial charge in [-0.3, -0.25) is 9.59 Å². The predicted octanol–water partition coefficient (Wildman–Crippen LogP) is 3.54. The number of amides is 2. The molecule has 1 aliphatic heterocycles. The zero-order valence-corrected chi connectivity index (χ0v) is 17.4. The molecule has 6 heteroatoms. The van der Waals surface area contributed by atoms with Gasteiger partial charge < -0.3 is 10.2 Å². The quantitative estimate of drug-likeness (QED) is 0.686. The number of nitrogens with zero attached hydrogens (tertiary/aromatic N) is 3. The molecule has 154 valence electrons. The van der Waals surface area contributed by atoms with Crippen LogP contribution in [-0.2, 0) is 17.9 Å². The molecule has 6 nitrogen and oxygen atoms in total. The Bertz CT molecular complexity index is 1050. The average molecular weight is 402 g/mol. The Balaban J connectivity index is 1.33. The molecule has 1 saturated heterocycles. The van der Waals surface area contributed by atoms with Crippen molar-refractivity contribution in [1.82, 2.24) is 20.0 Å². The van der Waals surface area contributed by atoms with Crippen molar-refractivity contribution in [2.75, 3.05) is 6.54 Å². The van der Waals surface area contributed by atoms with Crippen LogP contribution in [0.15, 0.2) is 54.6 Å². The number of carbonyl (C=O) groups excluding carboxylic acids is 2. The van der Waals surface area contributed by atoms with Crippen molar-refractivity contribution >= 4 is 11.8 Å². The molecule has 1 aromatic heterocycles. The van der Waals surface area contributed by atoms with Crippen molar-refractivity contribution in [3.05, 3.63) is 82.7 Å². The highest BCUT2D eigenvalue weighted by atomic mass is 16.2. The fraction of sp³-hybridized carbons (Fsp3) is 0.292. The van der Waals surface area contributed by atoms with Crippen molar-refractivity contribution < 1.29 is 9.59 Å². The molecule has 0 bridgehead atoms. The van der Waals surface area contributed by atoms with Gasteiger partial charge in [0.05, 0.1) is 11.4 Å². The van der Waals surface area contributed by atoms with Crippen molar-refractivity contribution in [1.29, 1.82) is 0 Å². The summed E-state index contributed by atoms with van der Waals surface area (Å²) in [5.41, 5.74) is 5.71. The van der Waals surface area contributed by atoms with Crippen molar-refractivity contribution in [3.63, 3.8) is 0 Å². The topological polar surface area (TPSA) is 67.2 Å². The summed E-state index contributed by atoms with van der Waals surface area (Å²) < 4.78 is 1.87. The molecule has 0 unspecified atom stereocenters. The van der Waals surface area contributed by atoms with Crippen LogP contribution >= 0.6 is 0 Å². The fourth-order valence-electron chi connectivity index (χ4n) is 3.78. The van der Waals surface area contributed by atoms with Gasteiger partial charge in [0.1, 0.15) is 0 Å². The van der Waals surface area contributed by atoms with E-state index in [1.54, 1.807) is 0 Å². The third-order valence-corrected chi connectivity index (χ3v) is 5.40. The summed E-state index contributed by atoms with van der Waals surface area (Å²) in [4.78, 5) is 26.1. The van der Waals surface area contributed by atoms with E-state index in [1.165, 1.54) is 0 Å². The highest BCUT2D eigenvalue weighted by Gasteiger charge is 2.19. The zero-order valence-electron chi connectivity index (χ0n) is 17.4. The highest BCUT2D eigenvalue weighted by Crippen LogP contribution is 2.15. The third-order valence-electron chi connectivity index (χ3n) is 5.40. The Morgan fingerprint density at radius 1 is 1.03 bits per heavy atom. The first-order valence-corrected chi connectivity index (χ1v) is 10.3. The van der Waals surface area contributed by atoms with E-state index in [1.807, 2.05) is 78.0 Å². The van der Waals surface area contributed by atoms with Gasteiger partial charge in [-0.1, -0.05) is 24.3 Å². The van der Waals surface area contributed by atoms with E-state index in [-0.39, 0.29) is 11.8 Å². The van der Waals surface area contributed by atoms with Crippen LogP contribution in [0, 0.1) is 13.8 Å². The van der Waals surface area contributed by atoms with Gasteiger partial charge in [0.15, 0.2) is 0 Å². The monoisotopic (exact) mass is 402 g/mol. The van der Waals surface area contributed by atoms with Crippen molar-refractivity contribution in [2.45, 2.75) is 39.8 Å². The van der Waals surface area contributed by atoms with Crippen LogP contribution in [0.3, 0.4) is 0 Å². The molecule has 1 N–H and O–H groups in total. The standard InChI is InChI=1S/C24H26N4O2/c1-17-14-18(2)28(26-17)22-11-9-21(10-12-22)24(30)25-15-19-5-7-20(8-6-19)16-27-13-3-4-23(27)29/h5-12,14H,3-4,13,15-16H2,1-2H3,(H,25,30). The van der Waals surface area contributed by atoms with Gasteiger partial charge in [0.25, 0.3) is 5.91 Å². The van der Waals surface area contributed by atoms with Crippen LogP contribution in [0.25, 0.3) is 5.69 Å². The summed E-state index contributed by atoms with van der Waals surface area (Å²) in [6.07, 6.45) is 1.61. The number of hydrogen-bond donors (Lipinski definition) is 1. The molecule has 0 aliphatic carbocycles. The SMILES string of the molecule is Cc1cc(C)n(-c2ccc(C(=O)NCc3ccc(CN4CCCC4=O)cc3)cc2)n1. The summed E-state index contributed by atoms with van der Waals surface area (Å²) in [6, 6.07) is 17.5. The number of likely N-dealkylation sites (tertiary alicyclic amines) is 1. The first-order valence-electron chi connectivity index (χ1n) is 10.3. The predicted molar refractivity (Wildman–Crippen MR) is 115 cm³/mol. The minimum Gasteiger partial charge on any atom is -0.348 e. The second kappa shape index (κ2) is 8.53. The lowest BCUT2D eigenvalue weighted by atomic mass is 10.1. The number of aromatic nitrogens is 2. The Morgan fingerprint density at radius 3 is 2.33 bits per heavy atom. The number of carbonyl (C=O) groups is 2. The zero-order chi connectivity index (χ0) is 21.1. The van der Waals surface area contributed by atoms with Gasteiger partial charge in [-0.2, -0.15) is 5.10 Å². The van der Waals surface area contributed by atoms with E-state index >= 15 is 0 Å². The molecule has 3 aromatic rings.